The molecule has 0 bridgehead atoms. The Morgan fingerprint density at radius 1 is 1.33 bits per heavy atom. The number of amides is 1. The predicted molar refractivity (Wildman–Crippen MR) is 80.1 cm³/mol. The second-order valence-electron chi connectivity index (χ2n) is 5.30. The van der Waals surface area contributed by atoms with Crippen LogP contribution in [-0.4, -0.2) is 43.2 Å². The first-order valence-corrected chi connectivity index (χ1v) is 7.37. The zero-order valence-electron chi connectivity index (χ0n) is 12.0. The second kappa shape index (κ2) is 6.28. The molecule has 1 aromatic heterocycles. The summed E-state index contributed by atoms with van der Waals surface area (Å²) in [5.41, 5.74) is 6.18. The van der Waals surface area contributed by atoms with Gasteiger partial charge in [-0.05, 0) is 25.0 Å². The van der Waals surface area contributed by atoms with Gasteiger partial charge in [0.1, 0.15) is 5.58 Å². The van der Waals surface area contributed by atoms with E-state index in [0.29, 0.717) is 32.0 Å². The van der Waals surface area contributed by atoms with Crippen molar-refractivity contribution in [3.63, 3.8) is 0 Å². The van der Waals surface area contributed by atoms with Gasteiger partial charge in [0.2, 0.25) is 0 Å². The Labute approximate surface area is 123 Å². The van der Waals surface area contributed by atoms with Crippen LogP contribution in [0.4, 0.5) is 0 Å². The quantitative estimate of drug-likeness (QED) is 0.934. The van der Waals surface area contributed by atoms with Crippen LogP contribution in [0.2, 0.25) is 0 Å². The van der Waals surface area contributed by atoms with E-state index in [1.54, 1.807) is 0 Å². The molecule has 1 aliphatic heterocycles. The monoisotopic (exact) mass is 288 g/mol. The highest BCUT2D eigenvalue weighted by Crippen LogP contribution is 2.22. The van der Waals surface area contributed by atoms with E-state index in [0.717, 1.165) is 23.8 Å². The number of ether oxygens (including phenoxy) is 1. The van der Waals surface area contributed by atoms with E-state index in [1.807, 2.05) is 35.2 Å². The molecule has 3 rings (SSSR count). The van der Waals surface area contributed by atoms with Crippen molar-refractivity contribution in [2.75, 3.05) is 26.2 Å². The summed E-state index contributed by atoms with van der Waals surface area (Å²) in [7, 11) is 0. The molecule has 2 heterocycles. The third-order valence-corrected chi connectivity index (χ3v) is 3.84. The average molecular weight is 288 g/mol. The van der Waals surface area contributed by atoms with Crippen molar-refractivity contribution < 1.29 is 13.9 Å². The number of furan rings is 1. The van der Waals surface area contributed by atoms with E-state index < -0.39 is 0 Å². The van der Waals surface area contributed by atoms with E-state index in [9.17, 15) is 4.79 Å². The Morgan fingerprint density at radius 3 is 2.81 bits per heavy atom. The summed E-state index contributed by atoms with van der Waals surface area (Å²) in [6.45, 7) is 2.52. The van der Waals surface area contributed by atoms with Crippen molar-refractivity contribution in [2.24, 2.45) is 5.73 Å². The number of piperidine rings is 1. The Balaban J connectivity index is 1.63. The van der Waals surface area contributed by atoms with Crippen molar-refractivity contribution in [3.05, 3.63) is 36.1 Å². The van der Waals surface area contributed by atoms with Crippen molar-refractivity contribution >= 4 is 16.9 Å². The molecule has 1 saturated heterocycles. The molecule has 0 saturated carbocycles. The summed E-state index contributed by atoms with van der Waals surface area (Å²) in [6.07, 6.45) is 1.92. The molecule has 1 fully saturated rings. The highest BCUT2D eigenvalue weighted by atomic mass is 16.5. The van der Waals surface area contributed by atoms with Crippen LogP contribution in [0.3, 0.4) is 0 Å². The highest BCUT2D eigenvalue weighted by Gasteiger charge is 2.25. The number of carbonyl (C=O) groups excluding carboxylic acids is 1. The molecule has 0 aliphatic carbocycles. The summed E-state index contributed by atoms with van der Waals surface area (Å²) in [5, 5.41) is 0.960. The molecule has 5 heteroatoms. The molecule has 21 heavy (non-hydrogen) atoms. The van der Waals surface area contributed by atoms with Gasteiger partial charge in [-0.1, -0.05) is 18.2 Å². The minimum Gasteiger partial charge on any atom is -0.451 e. The van der Waals surface area contributed by atoms with Gasteiger partial charge in [-0.3, -0.25) is 4.79 Å². The Bertz CT molecular complexity index is 582. The molecule has 1 aliphatic rings. The SMILES string of the molecule is NCCOC1CCN(C(=O)c2cc3ccccc3o2)CC1. The third kappa shape index (κ3) is 3.09. The van der Waals surface area contributed by atoms with Crippen LogP contribution in [-0.2, 0) is 4.74 Å². The molecule has 2 N–H and O–H groups in total. The van der Waals surface area contributed by atoms with Gasteiger partial charge in [0.15, 0.2) is 5.76 Å². The smallest absolute Gasteiger partial charge is 0.289 e. The van der Waals surface area contributed by atoms with Crippen LogP contribution in [0.25, 0.3) is 11.0 Å². The first-order chi connectivity index (χ1) is 10.3. The lowest BCUT2D eigenvalue weighted by molar-refractivity contribution is 0.0113. The van der Waals surface area contributed by atoms with Gasteiger partial charge in [0.25, 0.3) is 5.91 Å². The second-order valence-corrected chi connectivity index (χ2v) is 5.30. The van der Waals surface area contributed by atoms with Gasteiger partial charge in [0, 0.05) is 25.0 Å². The molecule has 0 radical (unpaired) electrons. The summed E-state index contributed by atoms with van der Waals surface area (Å²) < 4.78 is 11.3. The third-order valence-electron chi connectivity index (χ3n) is 3.84. The molecule has 5 nitrogen and oxygen atoms in total. The number of nitrogens with two attached hydrogens (primary N) is 1. The Morgan fingerprint density at radius 2 is 2.10 bits per heavy atom. The van der Waals surface area contributed by atoms with Gasteiger partial charge in [0.05, 0.1) is 12.7 Å². The summed E-state index contributed by atoms with van der Waals surface area (Å²) >= 11 is 0. The highest BCUT2D eigenvalue weighted by molar-refractivity contribution is 5.96. The predicted octanol–water partition coefficient (Wildman–Crippen LogP) is 2.01. The van der Waals surface area contributed by atoms with Gasteiger partial charge in [-0.2, -0.15) is 0 Å². The number of likely N-dealkylation sites (tertiary alicyclic amines) is 1. The number of nitrogens with zero attached hydrogens (tertiary/aromatic N) is 1. The average Bonchev–Trinajstić information content (AvgIpc) is 2.96. The van der Waals surface area contributed by atoms with Crippen LogP contribution in [0.5, 0.6) is 0 Å². The molecule has 0 spiro atoms. The molecular formula is C16H20N2O3. The minimum atomic E-state index is -0.0384. The lowest BCUT2D eigenvalue weighted by Gasteiger charge is -2.31. The van der Waals surface area contributed by atoms with Crippen LogP contribution in [0.1, 0.15) is 23.4 Å². The molecule has 2 aromatic rings. The molecule has 1 aromatic carbocycles. The topological polar surface area (TPSA) is 68.7 Å². The van der Waals surface area contributed by atoms with E-state index in [-0.39, 0.29) is 12.0 Å². The summed E-state index contributed by atoms with van der Waals surface area (Å²) in [6, 6.07) is 9.48. The number of para-hydroxylation sites is 1. The maximum absolute atomic E-state index is 12.5. The number of hydrogen-bond acceptors (Lipinski definition) is 4. The van der Waals surface area contributed by atoms with Crippen molar-refractivity contribution in [2.45, 2.75) is 18.9 Å². The van der Waals surface area contributed by atoms with E-state index in [2.05, 4.69) is 0 Å². The summed E-state index contributed by atoms with van der Waals surface area (Å²) in [4.78, 5) is 14.3. The van der Waals surface area contributed by atoms with Crippen molar-refractivity contribution in [1.82, 2.24) is 4.90 Å². The van der Waals surface area contributed by atoms with Crippen molar-refractivity contribution in [3.8, 4) is 0 Å². The largest absolute Gasteiger partial charge is 0.451 e. The maximum atomic E-state index is 12.5. The number of hydrogen-bond donors (Lipinski definition) is 1. The number of fused-ring (bicyclic) bond motifs is 1. The van der Waals surface area contributed by atoms with Crippen LogP contribution >= 0.6 is 0 Å². The summed E-state index contributed by atoms with van der Waals surface area (Å²) in [5.74, 6) is 0.376. The Hall–Kier alpha value is -1.85. The van der Waals surface area contributed by atoms with E-state index in [1.165, 1.54) is 0 Å². The minimum absolute atomic E-state index is 0.0384. The van der Waals surface area contributed by atoms with Crippen LogP contribution in [0, 0.1) is 0 Å². The first kappa shape index (κ1) is 14.1. The first-order valence-electron chi connectivity index (χ1n) is 7.37. The zero-order chi connectivity index (χ0) is 14.7. The van der Waals surface area contributed by atoms with E-state index >= 15 is 0 Å². The van der Waals surface area contributed by atoms with E-state index in [4.69, 9.17) is 14.9 Å². The standard InChI is InChI=1S/C16H20N2O3/c17-7-10-20-13-5-8-18(9-6-13)16(19)15-11-12-3-1-2-4-14(12)21-15/h1-4,11,13H,5-10,17H2. The fraction of sp³-hybridized carbons (Fsp3) is 0.438. The van der Waals surface area contributed by atoms with Gasteiger partial charge in [-0.15, -0.1) is 0 Å². The maximum Gasteiger partial charge on any atom is 0.289 e. The fourth-order valence-corrected chi connectivity index (χ4v) is 2.70. The molecule has 0 atom stereocenters. The number of carbonyl (C=O) groups is 1. The molecular weight excluding hydrogens is 268 g/mol. The van der Waals surface area contributed by atoms with Crippen molar-refractivity contribution in [1.29, 1.82) is 0 Å². The lowest BCUT2D eigenvalue weighted by atomic mass is 10.1. The van der Waals surface area contributed by atoms with Crippen LogP contribution in [0.15, 0.2) is 34.7 Å². The molecule has 112 valence electrons. The normalized spacial score (nSPS) is 16.5. The number of benzene rings is 1. The zero-order valence-corrected chi connectivity index (χ0v) is 12.0. The molecule has 1 amide bonds. The van der Waals surface area contributed by atoms with Gasteiger partial charge < -0.3 is 19.8 Å². The fourth-order valence-electron chi connectivity index (χ4n) is 2.70. The van der Waals surface area contributed by atoms with Crippen LogP contribution < -0.4 is 5.73 Å². The van der Waals surface area contributed by atoms with Gasteiger partial charge >= 0.3 is 0 Å². The van der Waals surface area contributed by atoms with Gasteiger partial charge in [-0.25, -0.2) is 0 Å². The lowest BCUT2D eigenvalue weighted by Crippen LogP contribution is -2.41. The molecule has 0 unspecified atom stereocenters. The Kier molecular flexibility index (Phi) is 4.22. The number of rotatable bonds is 4.